The van der Waals surface area contributed by atoms with Crippen LogP contribution in [0.1, 0.15) is 0 Å². The van der Waals surface area contributed by atoms with Gasteiger partial charge in [-0.25, -0.2) is 0 Å². The molecule has 60 valence electrons. The van der Waals surface area contributed by atoms with Crippen molar-refractivity contribution in [1.82, 2.24) is 4.57 Å². The maximum atomic E-state index is 10.5. The Bertz CT molecular complexity index is 132. The third-order valence-corrected chi connectivity index (χ3v) is 4.11. The molecule has 0 aliphatic heterocycles. The third-order valence-electron chi connectivity index (χ3n) is 1.52. The fourth-order valence-corrected chi connectivity index (χ4v) is 1.40. The Morgan fingerprint density at radius 1 is 1.50 bits per heavy atom. The van der Waals surface area contributed by atoms with E-state index in [4.69, 9.17) is 0 Å². The molecule has 0 aromatic rings. The minimum Gasteiger partial charge on any atom is -0.319 e. The molecule has 0 saturated carbocycles. The number of thiol groups is 1. The van der Waals surface area contributed by atoms with Crippen LogP contribution < -0.4 is 0 Å². The quantitative estimate of drug-likeness (QED) is 0.516. The van der Waals surface area contributed by atoms with Crippen LogP contribution in [0.4, 0.5) is 0 Å². The Balaban J connectivity index is 3.85. The highest BCUT2D eigenvalue weighted by Crippen LogP contribution is 2.05. The second-order valence-corrected chi connectivity index (χ2v) is 9.02. The van der Waals surface area contributed by atoms with Crippen molar-refractivity contribution in [2.24, 2.45) is 0 Å². The van der Waals surface area contributed by atoms with Crippen molar-refractivity contribution >= 4 is 26.0 Å². The van der Waals surface area contributed by atoms with Gasteiger partial charge < -0.3 is 4.57 Å². The number of nitrogens with zero attached hydrogens (tertiary/aromatic N) is 1. The minimum atomic E-state index is -1.26. The normalized spacial score (nSPS) is 12.2. The first-order valence-corrected chi connectivity index (χ1v) is 7.16. The Kier molecular flexibility index (Phi) is 3.62. The van der Waals surface area contributed by atoms with Gasteiger partial charge in [0, 0.05) is 0 Å². The van der Waals surface area contributed by atoms with Crippen molar-refractivity contribution in [3.8, 4) is 0 Å². The molecule has 0 N–H and O–H groups in total. The van der Waals surface area contributed by atoms with Gasteiger partial charge in [-0.2, -0.15) is 0 Å². The molecule has 0 fully saturated rings. The monoisotopic (exact) mass is 177 g/mol. The van der Waals surface area contributed by atoms with Gasteiger partial charge in [-0.3, -0.25) is 4.79 Å². The maximum absolute atomic E-state index is 10.5. The minimum absolute atomic E-state index is 0.0510. The lowest BCUT2D eigenvalue weighted by atomic mass is 10.7. The summed E-state index contributed by atoms with van der Waals surface area (Å²) in [7, 11) is 0.713. The van der Waals surface area contributed by atoms with Crippen LogP contribution in [0.2, 0.25) is 19.6 Å². The Morgan fingerprint density at radius 2 is 1.90 bits per heavy atom. The van der Waals surface area contributed by atoms with Crippen LogP contribution in [-0.2, 0) is 4.79 Å². The lowest BCUT2D eigenvalue weighted by Crippen LogP contribution is -2.44. The molecule has 0 radical (unpaired) electrons. The van der Waals surface area contributed by atoms with Gasteiger partial charge in [0.2, 0.25) is 0 Å². The van der Waals surface area contributed by atoms with Gasteiger partial charge in [-0.1, -0.05) is 19.6 Å². The summed E-state index contributed by atoms with van der Waals surface area (Å²) < 4.78 is 2.10. The van der Waals surface area contributed by atoms with E-state index in [1.54, 1.807) is 0 Å². The number of hydrogen-bond acceptors (Lipinski definition) is 2. The highest BCUT2D eigenvalue weighted by Gasteiger charge is 2.20. The summed E-state index contributed by atoms with van der Waals surface area (Å²) >= 11 is 3.71. The first-order chi connectivity index (χ1) is 4.34. The van der Waals surface area contributed by atoms with Crippen LogP contribution >= 0.6 is 12.6 Å². The summed E-state index contributed by atoms with van der Waals surface area (Å²) in [5, 5.41) is -0.0510. The van der Waals surface area contributed by atoms with E-state index in [-0.39, 0.29) is 5.12 Å². The predicted octanol–water partition coefficient (Wildman–Crippen LogP) is 1.21. The zero-order valence-electron chi connectivity index (χ0n) is 7.01. The van der Waals surface area contributed by atoms with Crippen LogP contribution in [0, 0.1) is 0 Å². The van der Waals surface area contributed by atoms with E-state index in [0.29, 0.717) is 6.54 Å². The smallest absolute Gasteiger partial charge is 0.199 e. The summed E-state index contributed by atoms with van der Waals surface area (Å²) in [6.07, 6.45) is 0. The molecule has 0 aromatic heterocycles. The molecule has 10 heavy (non-hydrogen) atoms. The molecule has 0 heterocycles. The predicted molar refractivity (Wildman–Crippen MR) is 50.0 cm³/mol. The maximum Gasteiger partial charge on any atom is 0.199 e. The van der Waals surface area contributed by atoms with E-state index >= 15 is 0 Å². The highest BCUT2D eigenvalue weighted by molar-refractivity contribution is 7.96. The molecule has 0 amide bonds. The molecule has 0 bridgehead atoms. The van der Waals surface area contributed by atoms with Crippen LogP contribution in [0.25, 0.3) is 0 Å². The van der Waals surface area contributed by atoms with Gasteiger partial charge in [-0.15, -0.1) is 12.6 Å². The molecule has 0 atom stereocenters. The van der Waals surface area contributed by atoms with Gasteiger partial charge >= 0.3 is 0 Å². The van der Waals surface area contributed by atoms with Crippen molar-refractivity contribution in [1.29, 1.82) is 0 Å². The molecular weight excluding hydrogens is 162 g/mol. The topological polar surface area (TPSA) is 20.3 Å². The summed E-state index contributed by atoms with van der Waals surface area (Å²) in [4.78, 5) is 10.5. The molecule has 0 unspecified atom stereocenters. The highest BCUT2D eigenvalue weighted by atomic mass is 32.1. The van der Waals surface area contributed by atoms with Crippen molar-refractivity contribution < 1.29 is 4.79 Å². The number of carbonyl (C=O) groups excluding carboxylic acids is 1. The van der Waals surface area contributed by atoms with E-state index in [0.717, 1.165) is 0 Å². The summed E-state index contributed by atoms with van der Waals surface area (Å²) in [5.41, 5.74) is 0. The molecule has 2 nitrogen and oxygen atoms in total. The summed E-state index contributed by atoms with van der Waals surface area (Å²) in [6, 6.07) is 0. The largest absolute Gasteiger partial charge is 0.319 e. The zero-order valence-corrected chi connectivity index (χ0v) is 8.90. The average molecular weight is 177 g/mol. The van der Waals surface area contributed by atoms with Crippen molar-refractivity contribution in [3.63, 3.8) is 0 Å². The molecule has 4 heteroatoms. The van der Waals surface area contributed by atoms with Gasteiger partial charge in [0.05, 0.1) is 6.54 Å². The molecule has 0 rings (SSSR count). The van der Waals surface area contributed by atoms with Crippen molar-refractivity contribution in [2.75, 3.05) is 13.6 Å². The molecule has 0 aromatic carbocycles. The van der Waals surface area contributed by atoms with Gasteiger partial charge in [0.15, 0.2) is 5.12 Å². The second kappa shape index (κ2) is 3.55. The summed E-state index contributed by atoms with van der Waals surface area (Å²) in [5.74, 6) is 0. The van der Waals surface area contributed by atoms with E-state index in [2.05, 4.69) is 36.8 Å². The molecule has 0 aliphatic carbocycles. The number of carbonyl (C=O) groups is 1. The van der Waals surface area contributed by atoms with Crippen LogP contribution in [-0.4, -0.2) is 31.5 Å². The SMILES string of the molecule is CN(CC(=O)S)[Si](C)(C)C. The van der Waals surface area contributed by atoms with Crippen LogP contribution in [0.5, 0.6) is 0 Å². The van der Waals surface area contributed by atoms with Crippen molar-refractivity contribution in [2.45, 2.75) is 19.6 Å². The number of likely N-dealkylation sites (N-methyl/N-ethyl adjacent to an activating group) is 1. The molecule has 0 aliphatic rings. The lowest BCUT2D eigenvalue weighted by Gasteiger charge is -2.28. The molecule has 0 saturated heterocycles. The molecule has 0 spiro atoms. The summed E-state index contributed by atoms with van der Waals surface area (Å²) in [6.45, 7) is 7.07. The van der Waals surface area contributed by atoms with Gasteiger partial charge in [-0.05, 0) is 7.05 Å². The average Bonchev–Trinajstić information content (AvgIpc) is 1.60. The first-order valence-electron chi connectivity index (χ1n) is 3.27. The zero-order chi connectivity index (χ0) is 8.36. The van der Waals surface area contributed by atoms with Crippen LogP contribution in [0.3, 0.4) is 0 Å². The Morgan fingerprint density at radius 3 is 2.00 bits per heavy atom. The number of hydrogen-bond donors (Lipinski definition) is 1. The second-order valence-electron chi connectivity index (χ2n) is 3.42. The van der Waals surface area contributed by atoms with Crippen molar-refractivity contribution in [3.05, 3.63) is 0 Å². The standard InChI is InChI=1S/C6H15NOSSi/c1-7(5-6(8)9)10(2,3)4/h5H2,1-4H3,(H,8,9). The first kappa shape index (κ1) is 10.2. The fourth-order valence-electron chi connectivity index (χ4n) is 0.440. The Labute approximate surface area is 69.1 Å². The molecular formula is C6H15NOSSi. The van der Waals surface area contributed by atoms with E-state index < -0.39 is 8.24 Å². The number of rotatable bonds is 3. The lowest BCUT2D eigenvalue weighted by molar-refractivity contribution is -0.110. The van der Waals surface area contributed by atoms with E-state index in [1.165, 1.54) is 0 Å². The van der Waals surface area contributed by atoms with Gasteiger partial charge in [0.1, 0.15) is 8.24 Å². The van der Waals surface area contributed by atoms with Gasteiger partial charge in [0.25, 0.3) is 0 Å². The third kappa shape index (κ3) is 4.08. The van der Waals surface area contributed by atoms with E-state index in [9.17, 15) is 4.79 Å². The Hall–Kier alpha value is 0.197. The van der Waals surface area contributed by atoms with Crippen LogP contribution in [0.15, 0.2) is 0 Å². The fraction of sp³-hybridized carbons (Fsp3) is 0.833. The van der Waals surface area contributed by atoms with E-state index in [1.807, 2.05) is 7.05 Å².